The van der Waals surface area contributed by atoms with Gasteiger partial charge in [-0.3, -0.25) is 0 Å². The highest BCUT2D eigenvalue weighted by molar-refractivity contribution is 6.28. The van der Waals surface area contributed by atoms with Crippen LogP contribution in [-0.4, -0.2) is 42.3 Å². The van der Waals surface area contributed by atoms with Crippen molar-refractivity contribution >= 4 is 23.1 Å². The van der Waals surface area contributed by atoms with Gasteiger partial charge in [-0.05, 0) is 18.5 Å². The zero-order valence-electron chi connectivity index (χ0n) is 9.03. The Morgan fingerprint density at radius 2 is 2.38 bits per heavy atom. The molecule has 1 saturated heterocycles. The maximum atomic E-state index is 5.91. The lowest BCUT2D eigenvalue weighted by molar-refractivity contribution is 0.0959. The first kappa shape index (κ1) is 10.1. The number of morpholine rings is 1. The lowest BCUT2D eigenvalue weighted by Gasteiger charge is -2.41. The Kier molecular flexibility index (Phi) is 2.37. The number of aryl methyl sites for hydroxylation is 1. The zero-order chi connectivity index (χ0) is 11.1. The first-order chi connectivity index (χ1) is 7.75. The van der Waals surface area contributed by atoms with E-state index in [1.165, 1.54) is 0 Å². The third-order valence-electron chi connectivity index (χ3n) is 3.06. The Morgan fingerprint density at radius 3 is 3.25 bits per heavy atom. The number of ether oxygens (including phenoxy) is 1. The first-order valence-electron chi connectivity index (χ1n) is 5.38. The van der Waals surface area contributed by atoms with Crippen LogP contribution in [0.2, 0.25) is 5.28 Å². The predicted octanol–water partition coefficient (Wildman–Crippen LogP) is 1.07. The van der Waals surface area contributed by atoms with Crippen LogP contribution in [0.15, 0.2) is 0 Å². The molecule has 1 aromatic rings. The average Bonchev–Trinajstić information content (AvgIpc) is 2.28. The third kappa shape index (κ3) is 1.51. The second kappa shape index (κ2) is 3.75. The summed E-state index contributed by atoms with van der Waals surface area (Å²) in [6.07, 6.45) is 0. The van der Waals surface area contributed by atoms with Gasteiger partial charge in [-0.15, -0.1) is 0 Å². The number of anilines is 2. The van der Waals surface area contributed by atoms with Crippen molar-refractivity contribution in [2.45, 2.75) is 13.0 Å². The van der Waals surface area contributed by atoms with E-state index >= 15 is 0 Å². The first-order valence-corrected chi connectivity index (χ1v) is 5.76. The standard InChI is InChI=1S/C10H13ClN4O/c1-6-8-9(14-10(11)13-6)15-2-3-16-5-7(15)4-12-8/h7,12H,2-5H2,1H3. The molecule has 1 fully saturated rings. The van der Waals surface area contributed by atoms with Gasteiger partial charge in [0.2, 0.25) is 5.28 Å². The van der Waals surface area contributed by atoms with Crippen molar-refractivity contribution in [3.8, 4) is 0 Å². The molecule has 0 aliphatic carbocycles. The van der Waals surface area contributed by atoms with Gasteiger partial charge in [0.1, 0.15) is 0 Å². The number of halogens is 1. The fourth-order valence-corrected chi connectivity index (χ4v) is 2.47. The van der Waals surface area contributed by atoms with Crippen LogP contribution in [0.1, 0.15) is 5.69 Å². The van der Waals surface area contributed by atoms with Gasteiger partial charge in [-0.2, -0.15) is 4.98 Å². The molecule has 0 saturated carbocycles. The lowest BCUT2D eigenvalue weighted by atomic mass is 10.1. The van der Waals surface area contributed by atoms with Crippen LogP contribution in [-0.2, 0) is 4.74 Å². The van der Waals surface area contributed by atoms with Gasteiger partial charge in [0.25, 0.3) is 0 Å². The molecule has 0 bridgehead atoms. The van der Waals surface area contributed by atoms with Gasteiger partial charge in [-0.1, -0.05) is 0 Å². The van der Waals surface area contributed by atoms with Gasteiger partial charge in [0.05, 0.1) is 30.6 Å². The lowest BCUT2D eigenvalue weighted by Crippen LogP contribution is -2.52. The summed E-state index contributed by atoms with van der Waals surface area (Å²) < 4.78 is 5.46. The molecular weight excluding hydrogens is 228 g/mol. The number of rotatable bonds is 0. The van der Waals surface area contributed by atoms with Crippen LogP contribution >= 0.6 is 11.6 Å². The maximum absolute atomic E-state index is 5.91. The van der Waals surface area contributed by atoms with Gasteiger partial charge >= 0.3 is 0 Å². The van der Waals surface area contributed by atoms with E-state index < -0.39 is 0 Å². The number of nitrogens with one attached hydrogen (secondary N) is 1. The van der Waals surface area contributed by atoms with E-state index in [4.69, 9.17) is 16.3 Å². The Morgan fingerprint density at radius 1 is 1.50 bits per heavy atom. The molecule has 6 heteroatoms. The summed E-state index contributed by atoms with van der Waals surface area (Å²) in [7, 11) is 0. The van der Waals surface area contributed by atoms with Gasteiger partial charge in [0, 0.05) is 13.1 Å². The van der Waals surface area contributed by atoms with E-state index in [0.29, 0.717) is 11.3 Å². The monoisotopic (exact) mass is 240 g/mol. The number of hydrogen-bond acceptors (Lipinski definition) is 5. The Bertz CT molecular complexity index is 426. The van der Waals surface area contributed by atoms with Gasteiger partial charge in [-0.25, -0.2) is 4.98 Å². The molecule has 0 spiro atoms. The molecule has 1 aromatic heterocycles. The molecule has 1 N–H and O–H groups in total. The molecule has 1 unspecified atom stereocenters. The number of fused-ring (bicyclic) bond motifs is 3. The fourth-order valence-electron chi connectivity index (χ4n) is 2.26. The minimum Gasteiger partial charge on any atom is -0.378 e. The fraction of sp³-hybridized carbons (Fsp3) is 0.600. The minimum atomic E-state index is 0.310. The third-order valence-corrected chi connectivity index (χ3v) is 3.23. The number of nitrogens with zero attached hydrogens (tertiary/aromatic N) is 3. The van der Waals surface area contributed by atoms with E-state index in [-0.39, 0.29) is 0 Å². The molecule has 3 heterocycles. The summed E-state index contributed by atoms with van der Waals surface area (Å²) in [5.74, 6) is 0.914. The van der Waals surface area contributed by atoms with E-state index in [1.807, 2.05) is 6.92 Å². The highest BCUT2D eigenvalue weighted by Gasteiger charge is 2.31. The van der Waals surface area contributed by atoms with Crippen LogP contribution in [0.3, 0.4) is 0 Å². The predicted molar refractivity (Wildman–Crippen MR) is 62.2 cm³/mol. The molecule has 0 aromatic carbocycles. The Labute approximate surface area is 98.8 Å². The molecule has 5 nitrogen and oxygen atoms in total. The second-order valence-corrected chi connectivity index (χ2v) is 4.42. The van der Waals surface area contributed by atoms with Crippen molar-refractivity contribution in [2.24, 2.45) is 0 Å². The van der Waals surface area contributed by atoms with Gasteiger partial charge in [0.15, 0.2) is 5.82 Å². The van der Waals surface area contributed by atoms with Crippen LogP contribution < -0.4 is 10.2 Å². The molecular formula is C10H13ClN4O. The van der Waals surface area contributed by atoms with Crippen LogP contribution in [0.4, 0.5) is 11.5 Å². The van der Waals surface area contributed by atoms with E-state index in [0.717, 1.165) is 43.5 Å². The highest BCUT2D eigenvalue weighted by atomic mass is 35.5. The van der Waals surface area contributed by atoms with Crippen molar-refractivity contribution in [3.63, 3.8) is 0 Å². The summed E-state index contributed by atoms with van der Waals surface area (Å²) in [4.78, 5) is 10.7. The quantitative estimate of drug-likeness (QED) is 0.688. The normalized spacial score (nSPS) is 23.4. The summed E-state index contributed by atoms with van der Waals surface area (Å²) >= 11 is 5.91. The summed E-state index contributed by atoms with van der Waals surface area (Å²) in [6, 6.07) is 0.353. The molecule has 86 valence electrons. The summed E-state index contributed by atoms with van der Waals surface area (Å²) in [6.45, 7) is 5.18. The smallest absolute Gasteiger partial charge is 0.224 e. The van der Waals surface area contributed by atoms with Crippen LogP contribution in [0.5, 0.6) is 0 Å². The molecule has 1 atom stereocenters. The average molecular weight is 241 g/mol. The Balaban J connectivity index is 2.06. The van der Waals surface area contributed by atoms with E-state index in [9.17, 15) is 0 Å². The van der Waals surface area contributed by atoms with Crippen molar-refractivity contribution in [2.75, 3.05) is 36.5 Å². The highest BCUT2D eigenvalue weighted by Crippen LogP contribution is 2.33. The number of aromatic nitrogens is 2. The molecule has 16 heavy (non-hydrogen) atoms. The van der Waals surface area contributed by atoms with Crippen molar-refractivity contribution in [3.05, 3.63) is 11.0 Å². The molecule has 3 rings (SSSR count). The maximum Gasteiger partial charge on any atom is 0.224 e. The summed E-state index contributed by atoms with van der Waals surface area (Å²) in [5.41, 5.74) is 1.91. The van der Waals surface area contributed by atoms with Crippen LogP contribution in [0, 0.1) is 6.92 Å². The molecule has 0 amide bonds. The van der Waals surface area contributed by atoms with Crippen molar-refractivity contribution in [1.82, 2.24) is 9.97 Å². The molecule has 2 aliphatic rings. The SMILES string of the molecule is Cc1nc(Cl)nc2c1NCC1COCCN21. The Hall–Kier alpha value is -1.07. The number of hydrogen-bond donors (Lipinski definition) is 1. The zero-order valence-corrected chi connectivity index (χ0v) is 9.79. The second-order valence-electron chi connectivity index (χ2n) is 4.08. The minimum absolute atomic E-state index is 0.310. The van der Waals surface area contributed by atoms with E-state index in [1.54, 1.807) is 0 Å². The largest absolute Gasteiger partial charge is 0.378 e. The molecule has 2 aliphatic heterocycles. The topological polar surface area (TPSA) is 50.3 Å². The van der Waals surface area contributed by atoms with Crippen LogP contribution in [0.25, 0.3) is 0 Å². The summed E-state index contributed by atoms with van der Waals surface area (Å²) in [5, 5.41) is 3.66. The van der Waals surface area contributed by atoms with Gasteiger partial charge < -0.3 is 15.0 Å². The van der Waals surface area contributed by atoms with E-state index in [2.05, 4.69) is 20.2 Å². The van der Waals surface area contributed by atoms with Crippen molar-refractivity contribution in [1.29, 1.82) is 0 Å². The molecule has 0 radical (unpaired) electrons. The van der Waals surface area contributed by atoms with Crippen molar-refractivity contribution < 1.29 is 4.74 Å².